The lowest BCUT2D eigenvalue weighted by molar-refractivity contribution is 0.286. The normalized spacial score (nSPS) is 26.2. The van der Waals surface area contributed by atoms with E-state index in [1.165, 1.54) is 45.3 Å². The third kappa shape index (κ3) is 5.07. The highest BCUT2D eigenvalue weighted by Gasteiger charge is 2.20. The predicted molar refractivity (Wildman–Crippen MR) is 75.3 cm³/mol. The van der Waals surface area contributed by atoms with Crippen LogP contribution in [0.4, 0.5) is 0 Å². The SMILES string of the molecule is CCN(CC)CCNC1CCCC(SC)C1. The molecule has 0 aromatic carbocycles. The molecule has 0 heterocycles. The van der Waals surface area contributed by atoms with Crippen molar-refractivity contribution in [1.29, 1.82) is 0 Å². The Morgan fingerprint density at radius 1 is 1.25 bits per heavy atom. The molecule has 0 amide bonds. The zero-order chi connectivity index (χ0) is 11.8. The van der Waals surface area contributed by atoms with Crippen LogP contribution in [-0.2, 0) is 0 Å². The number of nitrogens with one attached hydrogen (secondary N) is 1. The summed E-state index contributed by atoms with van der Waals surface area (Å²) in [6.45, 7) is 9.20. The first kappa shape index (κ1) is 14.3. The van der Waals surface area contributed by atoms with Crippen LogP contribution in [0.1, 0.15) is 39.5 Å². The van der Waals surface area contributed by atoms with E-state index in [1.54, 1.807) is 0 Å². The summed E-state index contributed by atoms with van der Waals surface area (Å²) in [4.78, 5) is 2.49. The molecule has 2 nitrogen and oxygen atoms in total. The van der Waals surface area contributed by atoms with E-state index in [1.807, 2.05) is 11.8 Å². The Morgan fingerprint density at radius 3 is 2.62 bits per heavy atom. The fraction of sp³-hybridized carbons (Fsp3) is 1.00. The van der Waals surface area contributed by atoms with Gasteiger partial charge in [0.15, 0.2) is 0 Å². The van der Waals surface area contributed by atoms with E-state index in [-0.39, 0.29) is 0 Å². The Balaban J connectivity index is 2.12. The van der Waals surface area contributed by atoms with Gasteiger partial charge in [0.05, 0.1) is 0 Å². The summed E-state index contributed by atoms with van der Waals surface area (Å²) >= 11 is 2.05. The molecule has 3 heteroatoms. The number of rotatable bonds is 7. The topological polar surface area (TPSA) is 15.3 Å². The Hall–Kier alpha value is 0.270. The van der Waals surface area contributed by atoms with Gasteiger partial charge in [-0.2, -0.15) is 11.8 Å². The molecule has 0 saturated heterocycles. The van der Waals surface area contributed by atoms with Crippen LogP contribution >= 0.6 is 11.8 Å². The lowest BCUT2D eigenvalue weighted by atomic mass is 9.95. The minimum atomic E-state index is 0.779. The van der Waals surface area contributed by atoms with Crippen LogP contribution in [0.25, 0.3) is 0 Å². The van der Waals surface area contributed by atoms with Gasteiger partial charge in [0.1, 0.15) is 0 Å². The van der Waals surface area contributed by atoms with Crippen LogP contribution in [0.5, 0.6) is 0 Å². The third-order valence-electron chi connectivity index (χ3n) is 3.71. The highest BCUT2D eigenvalue weighted by Crippen LogP contribution is 2.26. The van der Waals surface area contributed by atoms with Gasteiger partial charge in [-0.25, -0.2) is 0 Å². The molecule has 1 aliphatic rings. The number of nitrogens with zero attached hydrogens (tertiary/aromatic N) is 1. The largest absolute Gasteiger partial charge is 0.313 e. The van der Waals surface area contributed by atoms with Gasteiger partial charge < -0.3 is 10.2 Å². The van der Waals surface area contributed by atoms with Crippen LogP contribution < -0.4 is 5.32 Å². The summed E-state index contributed by atoms with van der Waals surface area (Å²) in [5.74, 6) is 0. The van der Waals surface area contributed by atoms with Gasteiger partial charge in [-0.1, -0.05) is 20.3 Å². The first-order valence-corrected chi connectivity index (χ1v) is 8.07. The van der Waals surface area contributed by atoms with Gasteiger partial charge in [-0.05, 0) is 38.6 Å². The van der Waals surface area contributed by atoms with Crippen molar-refractivity contribution in [2.75, 3.05) is 32.4 Å². The molecule has 1 N–H and O–H groups in total. The van der Waals surface area contributed by atoms with Crippen LogP contribution in [0, 0.1) is 0 Å². The van der Waals surface area contributed by atoms with Crippen molar-refractivity contribution < 1.29 is 0 Å². The van der Waals surface area contributed by atoms with E-state index >= 15 is 0 Å². The van der Waals surface area contributed by atoms with Crippen molar-refractivity contribution in [3.63, 3.8) is 0 Å². The molecule has 1 fully saturated rings. The average molecular weight is 244 g/mol. The van der Waals surface area contributed by atoms with Crippen molar-refractivity contribution in [2.45, 2.75) is 50.8 Å². The van der Waals surface area contributed by atoms with E-state index in [2.05, 4.69) is 30.3 Å². The fourth-order valence-corrected chi connectivity index (χ4v) is 3.34. The van der Waals surface area contributed by atoms with Crippen molar-refractivity contribution in [3.8, 4) is 0 Å². The lowest BCUT2D eigenvalue weighted by Crippen LogP contribution is -2.40. The highest BCUT2D eigenvalue weighted by molar-refractivity contribution is 7.99. The molecule has 1 rings (SSSR count). The van der Waals surface area contributed by atoms with E-state index in [0.717, 1.165) is 17.8 Å². The van der Waals surface area contributed by atoms with Crippen molar-refractivity contribution in [3.05, 3.63) is 0 Å². The summed E-state index contributed by atoms with van der Waals surface area (Å²) in [5, 5.41) is 4.63. The Morgan fingerprint density at radius 2 is 2.00 bits per heavy atom. The second-order valence-electron chi connectivity index (χ2n) is 4.70. The summed E-state index contributed by atoms with van der Waals surface area (Å²) in [6, 6.07) is 0.779. The molecule has 0 spiro atoms. The Bertz CT molecular complexity index is 171. The minimum Gasteiger partial charge on any atom is -0.313 e. The van der Waals surface area contributed by atoms with E-state index in [9.17, 15) is 0 Å². The van der Waals surface area contributed by atoms with Crippen molar-refractivity contribution in [1.82, 2.24) is 10.2 Å². The molecule has 96 valence electrons. The number of hydrogen-bond donors (Lipinski definition) is 1. The average Bonchev–Trinajstić information content (AvgIpc) is 2.35. The number of likely N-dealkylation sites (N-methyl/N-ethyl adjacent to an activating group) is 1. The lowest BCUT2D eigenvalue weighted by Gasteiger charge is -2.29. The second-order valence-corrected chi connectivity index (χ2v) is 5.84. The van der Waals surface area contributed by atoms with Crippen LogP contribution in [0.3, 0.4) is 0 Å². The smallest absolute Gasteiger partial charge is 0.0107 e. The molecule has 1 saturated carbocycles. The Kier molecular flexibility index (Phi) is 7.50. The standard InChI is InChI=1S/C13H28N2S/c1-4-15(5-2)10-9-14-12-7-6-8-13(11-12)16-3/h12-14H,4-11H2,1-3H3. The molecule has 2 unspecified atom stereocenters. The quantitative estimate of drug-likeness (QED) is 0.741. The summed E-state index contributed by atoms with van der Waals surface area (Å²) in [7, 11) is 0. The molecular formula is C13H28N2S. The van der Waals surface area contributed by atoms with Gasteiger partial charge in [0.25, 0.3) is 0 Å². The fourth-order valence-electron chi connectivity index (χ4n) is 2.51. The Labute approximate surface area is 106 Å². The maximum absolute atomic E-state index is 3.73. The van der Waals surface area contributed by atoms with Crippen molar-refractivity contribution in [2.24, 2.45) is 0 Å². The zero-order valence-corrected chi connectivity index (χ0v) is 12.0. The van der Waals surface area contributed by atoms with Crippen LogP contribution in [-0.4, -0.2) is 48.6 Å². The van der Waals surface area contributed by atoms with Gasteiger partial charge in [0, 0.05) is 24.4 Å². The predicted octanol–water partition coefficient (Wildman–Crippen LogP) is 2.59. The maximum Gasteiger partial charge on any atom is 0.0107 e. The van der Waals surface area contributed by atoms with E-state index in [0.29, 0.717) is 0 Å². The molecule has 1 aliphatic carbocycles. The molecule has 0 aliphatic heterocycles. The van der Waals surface area contributed by atoms with Gasteiger partial charge in [-0.3, -0.25) is 0 Å². The minimum absolute atomic E-state index is 0.779. The first-order chi connectivity index (χ1) is 7.80. The van der Waals surface area contributed by atoms with Crippen LogP contribution in [0.15, 0.2) is 0 Å². The van der Waals surface area contributed by atoms with E-state index in [4.69, 9.17) is 0 Å². The molecular weight excluding hydrogens is 216 g/mol. The summed E-state index contributed by atoms with van der Waals surface area (Å²) in [6.07, 6.45) is 7.85. The molecule has 0 aromatic heterocycles. The maximum atomic E-state index is 3.73. The van der Waals surface area contributed by atoms with Crippen molar-refractivity contribution >= 4 is 11.8 Å². The summed E-state index contributed by atoms with van der Waals surface area (Å²) in [5.41, 5.74) is 0. The molecule has 0 aromatic rings. The second kappa shape index (κ2) is 8.37. The first-order valence-electron chi connectivity index (χ1n) is 6.78. The van der Waals surface area contributed by atoms with Gasteiger partial charge in [-0.15, -0.1) is 0 Å². The van der Waals surface area contributed by atoms with Crippen LogP contribution in [0.2, 0.25) is 0 Å². The molecule has 16 heavy (non-hydrogen) atoms. The molecule has 0 bridgehead atoms. The molecule has 0 radical (unpaired) electrons. The zero-order valence-electron chi connectivity index (χ0n) is 11.2. The number of hydrogen-bond acceptors (Lipinski definition) is 3. The highest BCUT2D eigenvalue weighted by atomic mass is 32.2. The molecule has 2 atom stereocenters. The van der Waals surface area contributed by atoms with E-state index < -0.39 is 0 Å². The number of thioether (sulfide) groups is 1. The van der Waals surface area contributed by atoms with Gasteiger partial charge >= 0.3 is 0 Å². The third-order valence-corrected chi connectivity index (χ3v) is 4.81. The van der Waals surface area contributed by atoms with Gasteiger partial charge in [0.2, 0.25) is 0 Å². The summed E-state index contributed by atoms with van der Waals surface area (Å²) < 4.78 is 0. The monoisotopic (exact) mass is 244 g/mol.